The number of piperazine rings is 1. The first-order valence-electron chi connectivity index (χ1n) is 10.0. The van der Waals surface area contributed by atoms with Crippen molar-refractivity contribution in [2.45, 2.75) is 6.54 Å². The van der Waals surface area contributed by atoms with Crippen LogP contribution in [0.25, 0.3) is 11.5 Å². The molecule has 2 amide bonds. The molecule has 9 nitrogen and oxygen atoms in total. The summed E-state index contributed by atoms with van der Waals surface area (Å²) in [6, 6.07) is 14.8. The first-order chi connectivity index (χ1) is 15.1. The number of methoxy groups -OCH3 is 2. The van der Waals surface area contributed by atoms with Gasteiger partial charge in [-0.05, 0) is 24.3 Å². The molecule has 1 aliphatic heterocycles. The van der Waals surface area contributed by atoms with Crippen LogP contribution in [0.1, 0.15) is 5.82 Å². The van der Waals surface area contributed by atoms with Crippen LogP contribution >= 0.6 is 0 Å². The third-order valence-corrected chi connectivity index (χ3v) is 5.12. The Morgan fingerprint density at radius 1 is 1.03 bits per heavy atom. The fraction of sp³-hybridized carbons (Fsp3) is 0.318. The zero-order valence-electron chi connectivity index (χ0n) is 17.6. The van der Waals surface area contributed by atoms with Crippen molar-refractivity contribution in [1.29, 1.82) is 0 Å². The van der Waals surface area contributed by atoms with E-state index in [9.17, 15) is 4.79 Å². The van der Waals surface area contributed by atoms with Gasteiger partial charge in [-0.2, -0.15) is 4.98 Å². The van der Waals surface area contributed by atoms with Crippen LogP contribution in [0.15, 0.2) is 53.1 Å². The summed E-state index contributed by atoms with van der Waals surface area (Å²) in [6.45, 7) is 3.30. The molecule has 31 heavy (non-hydrogen) atoms. The second-order valence-electron chi connectivity index (χ2n) is 7.18. The minimum absolute atomic E-state index is 0.0836. The molecule has 0 saturated carbocycles. The molecule has 2 aromatic carbocycles. The van der Waals surface area contributed by atoms with E-state index in [1.165, 1.54) is 0 Å². The molecule has 3 aromatic rings. The lowest BCUT2D eigenvalue weighted by Gasteiger charge is -2.34. The topological polar surface area (TPSA) is 93.0 Å². The molecule has 1 aliphatic rings. The molecule has 2 heterocycles. The summed E-state index contributed by atoms with van der Waals surface area (Å²) >= 11 is 0. The number of hydrogen-bond donors (Lipinski definition) is 1. The molecule has 9 heteroatoms. The lowest BCUT2D eigenvalue weighted by atomic mass is 10.2. The molecule has 162 valence electrons. The predicted molar refractivity (Wildman–Crippen MR) is 115 cm³/mol. The number of carbonyl (C=O) groups excluding carboxylic acids is 1. The summed E-state index contributed by atoms with van der Waals surface area (Å²) in [6.07, 6.45) is 0. The Hall–Kier alpha value is -3.59. The molecule has 4 rings (SSSR count). The highest BCUT2D eigenvalue weighted by molar-refractivity contribution is 5.89. The van der Waals surface area contributed by atoms with Crippen molar-refractivity contribution in [3.05, 3.63) is 54.4 Å². The quantitative estimate of drug-likeness (QED) is 0.651. The number of aromatic nitrogens is 2. The number of urea groups is 1. The van der Waals surface area contributed by atoms with Crippen molar-refractivity contribution in [2.24, 2.45) is 0 Å². The number of nitrogens with one attached hydrogen (secondary N) is 1. The van der Waals surface area contributed by atoms with Crippen LogP contribution in [0.5, 0.6) is 11.5 Å². The average molecular weight is 423 g/mol. The summed E-state index contributed by atoms with van der Waals surface area (Å²) in [4.78, 5) is 21.0. The van der Waals surface area contributed by atoms with Crippen LogP contribution < -0.4 is 14.8 Å². The van der Waals surface area contributed by atoms with Crippen LogP contribution in [0.2, 0.25) is 0 Å². The number of rotatable bonds is 6. The van der Waals surface area contributed by atoms with E-state index >= 15 is 0 Å². The molecule has 1 N–H and O–H groups in total. The molecular weight excluding hydrogens is 398 g/mol. The Bertz CT molecular complexity index is 994. The maximum Gasteiger partial charge on any atom is 0.321 e. The van der Waals surface area contributed by atoms with E-state index in [0.29, 0.717) is 42.8 Å². The van der Waals surface area contributed by atoms with Crippen LogP contribution in [-0.2, 0) is 6.54 Å². The summed E-state index contributed by atoms with van der Waals surface area (Å²) in [5.41, 5.74) is 1.53. The standard InChI is InChI=1S/C22H25N5O4/c1-29-18-12-16(13-19(14-18)30-2)21-24-20(25-31-21)15-26-8-10-27(11-9-26)22(28)23-17-6-4-3-5-7-17/h3-7,12-14H,8-11,15H2,1-2H3,(H,23,28). The number of carbonyl (C=O) groups is 1. The minimum atomic E-state index is -0.0836. The lowest BCUT2D eigenvalue weighted by molar-refractivity contribution is 0.140. The number of anilines is 1. The number of benzene rings is 2. The Morgan fingerprint density at radius 2 is 1.71 bits per heavy atom. The van der Waals surface area contributed by atoms with Gasteiger partial charge in [-0.1, -0.05) is 23.4 Å². The highest BCUT2D eigenvalue weighted by Crippen LogP contribution is 2.28. The molecular formula is C22H25N5O4. The molecule has 0 radical (unpaired) electrons. The van der Waals surface area contributed by atoms with Crippen molar-refractivity contribution >= 4 is 11.7 Å². The van der Waals surface area contributed by atoms with Crippen LogP contribution in [0.4, 0.5) is 10.5 Å². The summed E-state index contributed by atoms with van der Waals surface area (Å²) in [5, 5.41) is 7.03. The van der Waals surface area contributed by atoms with Crippen molar-refractivity contribution < 1.29 is 18.8 Å². The number of amides is 2. The highest BCUT2D eigenvalue weighted by atomic mass is 16.5. The van der Waals surface area contributed by atoms with Gasteiger partial charge in [-0.25, -0.2) is 4.79 Å². The summed E-state index contributed by atoms with van der Waals surface area (Å²) < 4.78 is 16.0. The third-order valence-electron chi connectivity index (χ3n) is 5.12. The molecule has 0 aliphatic carbocycles. The Kier molecular flexibility index (Phi) is 6.32. The minimum Gasteiger partial charge on any atom is -0.497 e. The van der Waals surface area contributed by atoms with Crippen LogP contribution in [0, 0.1) is 0 Å². The number of hydrogen-bond acceptors (Lipinski definition) is 7. The van der Waals surface area contributed by atoms with Crippen molar-refractivity contribution in [3.63, 3.8) is 0 Å². The Morgan fingerprint density at radius 3 is 2.35 bits per heavy atom. The fourth-order valence-corrected chi connectivity index (χ4v) is 3.40. The lowest BCUT2D eigenvalue weighted by Crippen LogP contribution is -2.49. The SMILES string of the molecule is COc1cc(OC)cc(-c2nc(CN3CCN(C(=O)Nc4ccccc4)CC3)no2)c1. The largest absolute Gasteiger partial charge is 0.497 e. The molecule has 0 bridgehead atoms. The fourth-order valence-electron chi connectivity index (χ4n) is 3.40. The number of nitrogens with zero attached hydrogens (tertiary/aromatic N) is 4. The monoisotopic (exact) mass is 423 g/mol. The zero-order valence-corrected chi connectivity index (χ0v) is 17.6. The normalized spacial score (nSPS) is 14.3. The van der Waals surface area contributed by atoms with Gasteiger partial charge < -0.3 is 24.2 Å². The van der Waals surface area contributed by atoms with E-state index in [0.717, 1.165) is 24.3 Å². The van der Waals surface area contributed by atoms with Gasteiger partial charge in [0.05, 0.1) is 20.8 Å². The van der Waals surface area contributed by atoms with E-state index in [1.54, 1.807) is 20.3 Å². The van der Waals surface area contributed by atoms with Gasteiger partial charge in [0.25, 0.3) is 5.89 Å². The van der Waals surface area contributed by atoms with E-state index < -0.39 is 0 Å². The first-order valence-corrected chi connectivity index (χ1v) is 10.0. The van der Waals surface area contributed by atoms with Gasteiger partial charge in [-0.3, -0.25) is 4.90 Å². The van der Waals surface area contributed by atoms with Gasteiger partial charge in [0.2, 0.25) is 0 Å². The first kappa shape index (κ1) is 20.7. The molecule has 1 fully saturated rings. The second kappa shape index (κ2) is 9.48. The van der Waals surface area contributed by atoms with E-state index in [2.05, 4.69) is 20.4 Å². The molecule has 0 spiro atoms. The van der Waals surface area contributed by atoms with Gasteiger partial charge in [0.1, 0.15) is 11.5 Å². The van der Waals surface area contributed by atoms with E-state index in [4.69, 9.17) is 14.0 Å². The van der Waals surface area contributed by atoms with Crippen LogP contribution in [0.3, 0.4) is 0 Å². The smallest absolute Gasteiger partial charge is 0.321 e. The van der Waals surface area contributed by atoms with Gasteiger partial charge in [-0.15, -0.1) is 0 Å². The predicted octanol–water partition coefficient (Wildman–Crippen LogP) is 3.10. The maximum atomic E-state index is 12.4. The average Bonchev–Trinajstić information content (AvgIpc) is 3.28. The van der Waals surface area contributed by atoms with Gasteiger partial charge in [0.15, 0.2) is 5.82 Å². The Balaban J connectivity index is 1.33. The number of ether oxygens (including phenoxy) is 2. The maximum absolute atomic E-state index is 12.4. The van der Waals surface area contributed by atoms with Crippen molar-refractivity contribution in [1.82, 2.24) is 19.9 Å². The molecule has 1 aromatic heterocycles. The molecule has 0 unspecified atom stereocenters. The summed E-state index contributed by atoms with van der Waals surface area (Å²) in [7, 11) is 3.19. The van der Waals surface area contributed by atoms with Gasteiger partial charge in [0, 0.05) is 43.5 Å². The van der Waals surface area contributed by atoms with E-state index in [-0.39, 0.29) is 6.03 Å². The highest BCUT2D eigenvalue weighted by Gasteiger charge is 2.22. The van der Waals surface area contributed by atoms with Crippen LogP contribution in [-0.4, -0.2) is 66.4 Å². The third kappa shape index (κ3) is 5.13. The summed E-state index contributed by atoms with van der Waals surface area (Å²) in [5.74, 6) is 2.31. The van der Waals surface area contributed by atoms with Crippen molar-refractivity contribution in [2.75, 3.05) is 45.7 Å². The zero-order chi connectivity index (χ0) is 21.6. The molecule has 1 saturated heterocycles. The number of para-hydroxylation sites is 1. The van der Waals surface area contributed by atoms with Crippen molar-refractivity contribution in [3.8, 4) is 23.0 Å². The Labute approximate surface area is 180 Å². The second-order valence-corrected chi connectivity index (χ2v) is 7.18. The van der Waals surface area contributed by atoms with Gasteiger partial charge >= 0.3 is 6.03 Å². The molecule has 0 atom stereocenters. The van der Waals surface area contributed by atoms with E-state index in [1.807, 2.05) is 47.4 Å².